The van der Waals surface area contributed by atoms with Crippen LogP contribution in [-0.2, 0) is 0 Å². The van der Waals surface area contributed by atoms with Crippen LogP contribution < -0.4 is 5.32 Å². The molecule has 24 heavy (non-hydrogen) atoms. The topological polar surface area (TPSA) is 92.2 Å². The average Bonchev–Trinajstić information content (AvgIpc) is 3.36. The van der Waals surface area contributed by atoms with Crippen molar-refractivity contribution in [2.24, 2.45) is 5.92 Å². The standard InChI is InChI=1S/C17H16ClN3O3/c1-9-6-7-19-15(20-9)14(10-2-3-10)21-16(22)12-5-4-11(17(23)24)8-13(12)18/h4-8,10,14H,2-3H2,1H3,(H,21,22)(H,23,24). The molecule has 1 fully saturated rings. The zero-order chi connectivity index (χ0) is 17.3. The Morgan fingerprint density at radius 1 is 1.33 bits per heavy atom. The van der Waals surface area contributed by atoms with Crippen molar-refractivity contribution in [2.45, 2.75) is 25.8 Å². The number of aryl methyl sites for hydroxylation is 1. The van der Waals surface area contributed by atoms with Gasteiger partial charge in [0, 0.05) is 11.9 Å². The molecule has 2 aromatic rings. The molecule has 0 bridgehead atoms. The highest BCUT2D eigenvalue weighted by Gasteiger charge is 2.35. The maximum Gasteiger partial charge on any atom is 0.335 e. The van der Waals surface area contributed by atoms with Gasteiger partial charge in [-0.05, 0) is 49.9 Å². The Hall–Kier alpha value is -2.47. The number of carboxylic acid groups (broad SMARTS) is 1. The lowest BCUT2D eigenvalue weighted by atomic mass is 10.1. The number of halogens is 1. The molecule has 1 unspecified atom stereocenters. The highest BCUT2D eigenvalue weighted by molar-refractivity contribution is 6.34. The lowest BCUT2D eigenvalue weighted by Gasteiger charge is -2.17. The van der Waals surface area contributed by atoms with Crippen LogP contribution in [0.3, 0.4) is 0 Å². The zero-order valence-corrected chi connectivity index (χ0v) is 13.7. The highest BCUT2D eigenvalue weighted by Crippen LogP contribution is 2.40. The number of nitrogens with zero attached hydrogens (tertiary/aromatic N) is 2. The molecule has 1 heterocycles. The van der Waals surface area contributed by atoms with Crippen molar-refractivity contribution in [2.75, 3.05) is 0 Å². The molecular weight excluding hydrogens is 330 g/mol. The first-order valence-corrected chi connectivity index (χ1v) is 7.97. The van der Waals surface area contributed by atoms with E-state index in [2.05, 4.69) is 15.3 Å². The Kier molecular flexibility index (Phi) is 4.49. The van der Waals surface area contributed by atoms with Crippen molar-refractivity contribution in [1.29, 1.82) is 0 Å². The van der Waals surface area contributed by atoms with E-state index in [-0.39, 0.29) is 28.1 Å². The van der Waals surface area contributed by atoms with Crippen molar-refractivity contribution in [3.05, 3.63) is 58.1 Å². The Balaban J connectivity index is 1.83. The van der Waals surface area contributed by atoms with E-state index < -0.39 is 5.97 Å². The van der Waals surface area contributed by atoms with Gasteiger partial charge in [-0.15, -0.1) is 0 Å². The Morgan fingerprint density at radius 2 is 2.08 bits per heavy atom. The van der Waals surface area contributed by atoms with Crippen LogP contribution in [0, 0.1) is 12.8 Å². The summed E-state index contributed by atoms with van der Waals surface area (Å²) in [6.45, 7) is 1.87. The second-order valence-electron chi connectivity index (χ2n) is 5.84. The van der Waals surface area contributed by atoms with Gasteiger partial charge in [-0.3, -0.25) is 4.79 Å². The molecule has 1 atom stereocenters. The SMILES string of the molecule is Cc1ccnc(C(NC(=O)c2ccc(C(=O)O)cc2Cl)C2CC2)n1. The van der Waals surface area contributed by atoms with E-state index in [1.807, 2.05) is 6.92 Å². The summed E-state index contributed by atoms with van der Waals surface area (Å²) in [6, 6.07) is 5.58. The second kappa shape index (κ2) is 6.57. The molecule has 7 heteroatoms. The number of amides is 1. The molecule has 0 aliphatic heterocycles. The molecular formula is C17H16ClN3O3. The summed E-state index contributed by atoms with van der Waals surface area (Å²) in [7, 11) is 0. The number of aromatic carboxylic acids is 1. The minimum atomic E-state index is -1.09. The normalized spacial score (nSPS) is 14.9. The van der Waals surface area contributed by atoms with Crippen molar-refractivity contribution < 1.29 is 14.7 Å². The van der Waals surface area contributed by atoms with Gasteiger partial charge in [-0.1, -0.05) is 11.6 Å². The largest absolute Gasteiger partial charge is 0.478 e. The molecule has 1 aromatic heterocycles. The van der Waals surface area contributed by atoms with E-state index in [4.69, 9.17) is 16.7 Å². The number of carbonyl (C=O) groups is 2. The molecule has 0 spiro atoms. The van der Waals surface area contributed by atoms with Gasteiger partial charge < -0.3 is 10.4 Å². The summed E-state index contributed by atoms with van der Waals surface area (Å²) < 4.78 is 0. The maximum absolute atomic E-state index is 12.5. The molecule has 1 saturated carbocycles. The smallest absolute Gasteiger partial charge is 0.335 e. The molecule has 6 nitrogen and oxygen atoms in total. The van der Waals surface area contributed by atoms with Crippen molar-refractivity contribution in [3.8, 4) is 0 Å². The average molecular weight is 346 g/mol. The summed E-state index contributed by atoms with van der Waals surface area (Å²) in [6.07, 6.45) is 3.69. The van der Waals surface area contributed by atoms with Crippen LogP contribution in [0.15, 0.2) is 30.5 Å². The van der Waals surface area contributed by atoms with E-state index in [0.717, 1.165) is 18.5 Å². The predicted molar refractivity (Wildman–Crippen MR) is 88.1 cm³/mol. The van der Waals surface area contributed by atoms with Gasteiger partial charge in [0.1, 0.15) is 0 Å². The van der Waals surface area contributed by atoms with Crippen molar-refractivity contribution in [3.63, 3.8) is 0 Å². The van der Waals surface area contributed by atoms with Crippen molar-refractivity contribution >= 4 is 23.5 Å². The first-order valence-electron chi connectivity index (χ1n) is 7.59. The fraction of sp³-hybridized carbons (Fsp3) is 0.294. The summed E-state index contributed by atoms with van der Waals surface area (Å²) in [4.78, 5) is 32.2. The Bertz CT molecular complexity index is 805. The minimum Gasteiger partial charge on any atom is -0.478 e. The summed E-state index contributed by atoms with van der Waals surface area (Å²) in [5.41, 5.74) is 1.11. The Morgan fingerprint density at radius 3 is 2.67 bits per heavy atom. The molecule has 2 N–H and O–H groups in total. The third kappa shape index (κ3) is 3.54. The molecule has 1 aliphatic rings. The monoisotopic (exact) mass is 345 g/mol. The fourth-order valence-corrected chi connectivity index (χ4v) is 2.76. The highest BCUT2D eigenvalue weighted by atomic mass is 35.5. The van der Waals surface area contributed by atoms with E-state index in [0.29, 0.717) is 11.7 Å². The lowest BCUT2D eigenvalue weighted by Crippen LogP contribution is -2.31. The van der Waals surface area contributed by atoms with Gasteiger partial charge in [0.25, 0.3) is 5.91 Å². The first-order chi connectivity index (χ1) is 11.5. The second-order valence-corrected chi connectivity index (χ2v) is 6.25. The quantitative estimate of drug-likeness (QED) is 0.869. The van der Waals surface area contributed by atoms with E-state index in [1.165, 1.54) is 18.2 Å². The van der Waals surface area contributed by atoms with Gasteiger partial charge in [-0.2, -0.15) is 0 Å². The lowest BCUT2D eigenvalue weighted by molar-refractivity contribution is 0.0696. The molecule has 1 aromatic carbocycles. The van der Waals surface area contributed by atoms with Gasteiger partial charge in [0.2, 0.25) is 0 Å². The number of benzene rings is 1. The van der Waals surface area contributed by atoms with Crippen LogP contribution in [0.1, 0.15) is 51.1 Å². The van der Waals surface area contributed by atoms with Crippen molar-refractivity contribution in [1.82, 2.24) is 15.3 Å². The molecule has 1 aliphatic carbocycles. The number of hydrogen-bond donors (Lipinski definition) is 2. The number of hydrogen-bond acceptors (Lipinski definition) is 4. The maximum atomic E-state index is 12.5. The summed E-state index contributed by atoms with van der Waals surface area (Å²) in [5.74, 6) is -0.552. The minimum absolute atomic E-state index is 0.0392. The van der Waals surface area contributed by atoms with E-state index in [9.17, 15) is 9.59 Å². The fourth-order valence-electron chi connectivity index (χ4n) is 2.49. The third-order valence-corrected chi connectivity index (χ3v) is 4.24. The molecule has 0 saturated heterocycles. The first kappa shape index (κ1) is 16.4. The summed E-state index contributed by atoms with van der Waals surface area (Å²) in [5, 5.41) is 12.0. The molecule has 124 valence electrons. The third-order valence-electron chi connectivity index (χ3n) is 3.93. The number of carboxylic acids is 1. The number of aromatic nitrogens is 2. The zero-order valence-electron chi connectivity index (χ0n) is 13.0. The number of carbonyl (C=O) groups excluding carboxylic acids is 1. The van der Waals surface area contributed by atoms with Crippen LogP contribution in [0.5, 0.6) is 0 Å². The van der Waals surface area contributed by atoms with Crippen LogP contribution in [0.25, 0.3) is 0 Å². The molecule has 3 rings (SSSR count). The van der Waals surface area contributed by atoms with Crippen LogP contribution in [0.2, 0.25) is 5.02 Å². The summed E-state index contributed by atoms with van der Waals surface area (Å²) >= 11 is 6.06. The van der Waals surface area contributed by atoms with Crippen LogP contribution >= 0.6 is 11.6 Å². The predicted octanol–water partition coefficient (Wildman–Crippen LogP) is 3.02. The Labute approximate surface area is 143 Å². The van der Waals surface area contributed by atoms with Crippen LogP contribution in [0.4, 0.5) is 0 Å². The van der Waals surface area contributed by atoms with Gasteiger partial charge >= 0.3 is 5.97 Å². The van der Waals surface area contributed by atoms with E-state index in [1.54, 1.807) is 12.3 Å². The van der Waals surface area contributed by atoms with Gasteiger partial charge in [-0.25, -0.2) is 14.8 Å². The molecule has 1 amide bonds. The number of nitrogens with one attached hydrogen (secondary N) is 1. The van der Waals surface area contributed by atoms with Gasteiger partial charge in [0.15, 0.2) is 5.82 Å². The van der Waals surface area contributed by atoms with Crippen LogP contribution in [-0.4, -0.2) is 27.0 Å². The molecule has 0 radical (unpaired) electrons. The number of rotatable bonds is 5. The van der Waals surface area contributed by atoms with E-state index >= 15 is 0 Å². The van der Waals surface area contributed by atoms with Gasteiger partial charge in [0.05, 0.1) is 22.2 Å².